The van der Waals surface area contributed by atoms with E-state index in [0.717, 1.165) is 12.4 Å². The van der Waals surface area contributed by atoms with E-state index in [4.69, 9.17) is 16.7 Å². The highest BCUT2D eigenvalue weighted by molar-refractivity contribution is 6.39. The van der Waals surface area contributed by atoms with E-state index in [1.807, 2.05) is 0 Å². The van der Waals surface area contributed by atoms with Gasteiger partial charge in [0.15, 0.2) is 5.03 Å². The lowest BCUT2D eigenvalue weighted by Gasteiger charge is -2.15. The van der Waals surface area contributed by atoms with E-state index in [0.29, 0.717) is 5.01 Å². The number of halogens is 1. The lowest BCUT2D eigenvalue weighted by Crippen LogP contribution is -2.36. The molecule has 0 saturated heterocycles. The lowest BCUT2D eigenvalue weighted by molar-refractivity contribution is -0.658. The molecule has 0 radical (unpaired) electrons. The van der Waals surface area contributed by atoms with Gasteiger partial charge in [-0.1, -0.05) is 11.6 Å². The molecule has 6 nitrogen and oxygen atoms in total. The van der Waals surface area contributed by atoms with E-state index >= 15 is 0 Å². The quantitative estimate of drug-likeness (QED) is 0.449. The third kappa shape index (κ3) is 1.66. The highest BCUT2D eigenvalue weighted by atomic mass is 35.5. The summed E-state index contributed by atoms with van der Waals surface area (Å²) < 4.78 is 0. The van der Waals surface area contributed by atoms with Crippen molar-refractivity contribution >= 4 is 17.8 Å². The molecule has 0 aliphatic carbocycles. The monoisotopic (exact) mass is 177 g/mol. The normalized spacial score (nSPS) is 23.3. The number of aliphatic hydroxyl groups excluding tert-OH is 1. The van der Waals surface area contributed by atoms with Crippen molar-refractivity contribution in [2.75, 3.05) is 0 Å². The third-order valence-corrected chi connectivity index (χ3v) is 1.21. The van der Waals surface area contributed by atoms with Crippen LogP contribution >= 0.6 is 11.6 Å². The van der Waals surface area contributed by atoms with Gasteiger partial charge in [-0.3, -0.25) is 0 Å². The van der Waals surface area contributed by atoms with Crippen LogP contribution < -0.4 is 0 Å². The zero-order valence-electron chi connectivity index (χ0n) is 5.22. The van der Waals surface area contributed by atoms with Gasteiger partial charge in [0.1, 0.15) is 0 Å². The van der Waals surface area contributed by atoms with Gasteiger partial charge in [-0.25, -0.2) is 15.1 Å². The molecule has 7 heteroatoms. The molecule has 11 heavy (non-hydrogen) atoms. The minimum absolute atomic E-state index is 0.104. The molecule has 1 aliphatic heterocycles. The fourth-order valence-corrected chi connectivity index (χ4v) is 0.720. The Bertz CT molecular complexity index is 239. The molecule has 60 valence electrons. The standard InChI is InChI=1S/C4H4ClN3O3/c5-3-1-6-4(9)7(2-3)8(10)11/h1-2,4,9H. The van der Waals surface area contributed by atoms with Crippen LogP contribution in [0.2, 0.25) is 0 Å². The van der Waals surface area contributed by atoms with E-state index in [9.17, 15) is 10.1 Å². The fraction of sp³-hybridized carbons (Fsp3) is 0.250. The van der Waals surface area contributed by atoms with Gasteiger partial charge >= 0.3 is 0 Å². The molecule has 1 unspecified atom stereocenters. The minimum Gasteiger partial charge on any atom is -0.351 e. The van der Waals surface area contributed by atoms with Crippen molar-refractivity contribution in [2.45, 2.75) is 6.35 Å². The fourth-order valence-electron chi connectivity index (χ4n) is 0.564. The summed E-state index contributed by atoms with van der Waals surface area (Å²) >= 11 is 5.38. The summed E-state index contributed by atoms with van der Waals surface area (Å²) in [6, 6.07) is 0. The summed E-state index contributed by atoms with van der Waals surface area (Å²) in [5.74, 6) is 0. The van der Waals surface area contributed by atoms with Gasteiger partial charge < -0.3 is 5.11 Å². The molecule has 1 aliphatic rings. The first-order valence-electron chi connectivity index (χ1n) is 2.62. The second-order valence-electron chi connectivity index (χ2n) is 1.76. The predicted octanol–water partition coefficient (Wildman–Crippen LogP) is -0.0794. The molecule has 0 bridgehead atoms. The molecule has 0 aromatic rings. The van der Waals surface area contributed by atoms with E-state index in [-0.39, 0.29) is 5.03 Å². The van der Waals surface area contributed by atoms with E-state index in [2.05, 4.69) is 4.99 Å². The highest BCUT2D eigenvalue weighted by Crippen LogP contribution is 2.10. The second kappa shape index (κ2) is 2.85. The maximum Gasteiger partial charge on any atom is 0.285 e. The van der Waals surface area contributed by atoms with Crippen LogP contribution in [-0.2, 0) is 0 Å². The Hall–Kier alpha value is -1.14. The number of nitro groups is 1. The maximum atomic E-state index is 10.1. The second-order valence-corrected chi connectivity index (χ2v) is 2.19. The van der Waals surface area contributed by atoms with Crippen molar-refractivity contribution in [3.63, 3.8) is 0 Å². The number of hydrogen-bond donors (Lipinski definition) is 1. The van der Waals surface area contributed by atoms with Gasteiger partial charge in [0.05, 0.1) is 11.2 Å². The van der Waals surface area contributed by atoms with Crippen molar-refractivity contribution in [3.05, 3.63) is 21.3 Å². The Labute approximate surface area is 66.5 Å². The summed E-state index contributed by atoms with van der Waals surface area (Å²) in [6.45, 7) is 0. The van der Waals surface area contributed by atoms with Crippen LogP contribution in [0, 0.1) is 10.1 Å². The Kier molecular flexibility index (Phi) is 2.06. The van der Waals surface area contributed by atoms with Crippen LogP contribution in [-0.4, -0.2) is 27.7 Å². The molecule has 0 saturated carbocycles. The van der Waals surface area contributed by atoms with Crippen molar-refractivity contribution in [3.8, 4) is 0 Å². The topological polar surface area (TPSA) is 79.0 Å². The zero-order valence-corrected chi connectivity index (χ0v) is 5.97. The SMILES string of the molecule is O=[N+]([O-])N1C=C(Cl)C=NC1O. The van der Waals surface area contributed by atoms with Crippen LogP contribution in [0.15, 0.2) is 16.2 Å². The number of aliphatic hydroxyl groups is 1. The van der Waals surface area contributed by atoms with Gasteiger partial charge in [0.25, 0.3) is 6.35 Å². The molecular formula is C4H4ClN3O3. The van der Waals surface area contributed by atoms with Gasteiger partial charge in [-0.15, -0.1) is 0 Å². The summed E-state index contributed by atoms with van der Waals surface area (Å²) in [7, 11) is 0. The molecule has 1 atom stereocenters. The van der Waals surface area contributed by atoms with Crippen molar-refractivity contribution in [2.24, 2.45) is 4.99 Å². The number of hydrazine groups is 1. The molecule has 0 amide bonds. The molecular weight excluding hydrogens is 174 g/mol. The average molecular weight is 178 g/mol. The van der Waals surface area contributed by atoms with Crippen molar-refractivity contribution < 1.29 is 10.1 Å². The average Bonchev–Trinajstić information content (AvgIpc) is 1.94. The molecule has 0 aromatic carbocycles. The predicted molar refractivity (Wildman–Crippen MR) is 37.3 cm³/mol. The third-order valence-electron chi connectivity index (χ3n) is 1.01. The first kappa shape index (κ1) is 7.96. The Morgan fingerprint density at radius 3 is 3.00 bits per heavy atom. The maximum absolute atomic E-state index is 10.1. The van der Waals surface area contributed by atoms with Crippen molar-refractivity contribution in [1.29, 1.82) is 0 Å². The molecule has 1 heterocycles. The van der Waals surface area contributed by atoms with Crippen LogP contribution in [0.4, 0.5) is 0 Å². The van der Waals surface area contributed by atoms with E-state index in [1.54, 1.807) is 0 Å². The van der Waals surface area contributed by atoms with Crippen LogP contribution in [0.3, 0.4) is 0 Å². The van der Waals surface area contributed by atoms with Crippen molar-refractivity contribution in [1.82, 2.24) is 5.01 Å². The molecule has 0 spiro atoms. The van der Waals surface area contributed by atoms with Gasteiger partial charge in [0, 0.05) is 6.21 Å². The van der Waals surface area contributed by atoms with Gasteiger partial charge in [-0.2, -0.15) is 0 Å². The number of aliphatic imine (C=N–C) groups is 1. The lowest BCUT2D eigenvalue weighted by atomic mass is 10.6. The first-order valence-corrected chi connectivity index (χ1v) is 3.00. The number of hydrogen-bond acceptors (Lipinski definition) is 4. The van der Waals surface area contributed by atoms with Crippen LogP contribution in [0.1, 0.15) is 0 Å². The number of nitrogens with zero attached hydrogens (tertiary/aromatic N) is 3. The Balaban J connectivity index is 2.81. The Morgan fingerprint density at radius 1 is 1.91 bits per heavy atom. The summed E-state index contributed by atoms with van der Waals surface area (Å²) in [5.41, 5.74) is 0. The largest absolute Gasteiger partial charge is 0.351 e. The minimum atomic E-state index is -1.48. The van der Waals surface area contributed by atoms with E-state index < -0.39 is 11.4 Å². The first-order chi connectivity index (χ1) is 5.11. The Morgan fingerprint density at radius 2 is 2.55 bits per heavy atom. The van der Waals surface area contributed by atoms with E-state index in [1.165, 1.54) is 0 Å². The molecule has 0 aromatic heterocycles. The van der Waals surface area contributed by atoms with Crippen LogP contribution in [0.5, 0.6) is 0 Å². The summed E-state index contributed by atoms with van der Waals surface area (Å²) in [5, 5.41) is 18.7. The molecule has 0 fully saturated rings. The van der Waals surface area contributed by atoms with Gasteiger partial charge in [-0.05, 0) is 5.01 Å². The number of rotatable bonds is 1. The number of allylic oxidation sites excluding steroid dienone is 1. The van der Waals surface area contributed by atoms with Gasteiger partial charge in [0.2, 0.25) is 0 Å². The molecule has 1 rings (SSSR count). The van der Waals surface area contributed by atoms with Crippen LogP contribution in [0.25, 0.3) is 0 Å². The molecule has 1 N–H and O–H groups in total. The zero-order chi connectivity index (χ0) is 8.43. The highest BCUT2D eigenvalue weighted by Gasteiger charge is 2.24. The smallest absolute Gasteiger partial charge is 0.285 e. The summed E-state index contributed by atoms with van der Waals surface area (Å²) in [4.78, 5) is 13.4. The summed E-state index contributed by atoms with van der Waals surface area (Å²) in [6.07, 6.45) is 0.651.